The van der Waals surface area contributed by atoms with Crippen molar-refractivity contribution in [2.24, 2.45) is 5.92 Å². The number of ether oxygens (including phenoxy) is 4. The van der Waals surface area contributed by atoms with Gasteiger partial charge in [-0.25, -0.2) is 14.4 Å². The van der Waals surface area contributed by atoms with Crippen LogP contribution >= 0.6 is 0 Å². The molecule has 0 heterocycles. The highest BCUT2D eigenvalue weighted by Crippen LogP contribution is 2.45. The lowest BCUT2D eigenvalue weighted by atomic mass is 9.99. The molecule has 8 nitrogen and oxygen atoms in total. The Hall–Kier alpha value is -4.37. The van der Waals surface area contributed by atoms with Gasteiger partial charge < -0.3 is 24.3 Å². The van der Waals surface area contributed by atoms with Gasteiger partial charge in [0.2, 0.25) is 0 Å². The predicted molar refractivity (Wildman–Crippen MR) is 177 cm³/mol. The second-order valence-corrected chi connectivity index (χ2v) is 17.8. The highest BCUT2D eigenvalue weighted by molar-refractivity contribution is 6.77. The Kier molecular flexibility index (Phi) is 11.2. The van der Waals surface area contributed by atoms with E-state index in [2.05, 4.69) is 31.5 Å². The number of hydrogen-bond acceptors (Lipinski definition) is 7. The summed E-state index contributed by atoms with van der Waals surface area (Å²) in [4.78, 5) is 38.5. The number of alkyl carbamates (subject to hydrolysis) is 1. The molecule has 3 atom stereocenters. The molecule has 4 rings (SSSR count). The quantitative estimate of drug-likeness (QED) is 0.0871. The Morgan fingerprint density at radius 3 is 2.07 bits per heavy atom. The van der Waals surface area contributed by atoms with E-state index < -0.39 is 38.3 Å². The first kappa shape index (κ1) is 33.5. The second kappa shape index (κ2) is 15.1. The number of amides is 1. The van der Waals surface area contributed by atoms with Gasteiger partial charge >= 0.3 is 18.0 Å². The standard InChI is InChI=1S/C36H43NO7Si/c1-7-21-41-32(38)23-42-26-19-17-25(18-20-26)31(45(4,5)6)22-43-35(39)33(24(3)8-2)37-36(40)44-34-29-15-11-9-13-27(29)28-14-10-12-16-30(28)34/h7,9-20,24,31,33-34H,1,8,21-23H2,2-6H3,(H,37,40)/t24?,31?,33-/m0/s1. The third-order valence-electron chi connectivity index (χ3n) is 8.18. The molecule has 3 aromatic carbocycles. The van der Waals surface area contributed by atoms with Gasteiger partial charge in [-0.15, -0.1) is 0 Å². The van der Waals surface area contributed by atoms with Crippen LogP contribution in [-0.4, -0.2) is 52.0 Å². The zero-order valence-electron chi connectivity index (χ0n) is 26.7. The lowest BCUT2D eigenvalue weighted by molar-refractivity contribution is -0.147. The molecule has 0 spiro atoms. The maximum atomic E-state index is 13.5. The fourth-order valence-electron chi connectivity index (χ4n) is 5.41. The summed E-state index contributed by atoms with van der Waals surface area (Å²) < 4.78 is 22.4. The summed E-state index contributed by atoms with van der Waals surface area (Å²) in [6.07, 6.45) is 0.930. The van der Waals surface area contributed by atoms with Crippen molar-refractivity contribution in [3.63, 3.8) is 0 Å². The summed E-state index contributed by atoms with van der Waals surface area (Å²) in [6.45, 7) is 14.1. The van der Waals surface area contributed by atoms with Crippen LogP contribution in [0.1, 0.15) is 48.6 Å². The molecule has 1 aliphatic carbocycles. The summed E-state index contributed by atoms with van der Waals surface area (Å²) in [7, 11) is -1.87. The summed E-state index contributed by atoms with van der Waals surface area (Å²) in [5, 5.41) is 2.82. The molecule has 238 valence electrons. The van der Waals surface area contributed by atoms with E-state index in [-0.39, 0.29) is 31.3 Å². The first-order valence-corrected chi connectivity index (χ1v) is 18.9. The summed E-state index contributed by atoms with van der Waals surface area (Å²) in [5.74, 6) is -0.604. The fraction of sp³-hybridized carbons (Fsp3) is 0.361. The van der Waals surface area contributed by atoms with Crippen molar-refractivity contribution in [1.82, 2.24) is 5.32 Å². The van der Waals surface area contributed by atoms with Gasteiger partial charge in [-0.1, -0.05) is 113 Å². The van der Waals surface area contributed by atoms with Crippen LogP contribution in [0.15, 0.2) is 85.5 Å². The van der Waals surface area contributed by atoms with E-state index >= 15 is 0 Å². The second-order valence-electron chi connectivity index (χ2n) is 12.3. The van der Waals surface area contributed by atoms with Crippen molar-refractivity contribution in [3.05, 3.63) is 102 Å². The van der Waals surface area contributed by atoms with E-state index in [1.54, 1.807) is 12.1 Å². The number of carbonyl (C=O) groups excluding carboxylic acids is 3. The SMILES string of the molecule is C=CCOC(=O)COc1ccc(C(COC(=O)[C@@H](NC(=O)OC2c3ccccc3-c3ccccc32)C(C)CC)[Si](C)(C)C)cc1. The number of carbonyl (C=O) groups is 3. The van der Waals surface area contributed by atoms with Gasteiger partial charge in [0.25, 0.3) is 0 Å². The van der Waals surface area contributed by atoms with E-state index in [0.717, 1.165) is 27.8 Å². The molecular weight excluding hydrogens is 586 g/mol. The number of benzene rings is 3. The van der Waals surface area contributed by atoms with Crippen LogP contribution in [0.3, 0.4) is 0 Å². The Morgan fingerprint density at radius 2 is 1.51 bits per heavy atom. The fourth-order valence-corrected chi connectivity index (χ4v) is 7.18. The van der Waals surface area contributed by atoms with Crippen LogP contribution in [0.4, 0.5) is 4.79 Å². The summed E-state index contributed by atoms with van der Waals surface area (Å²) >= 11 is 0. The first-order valence-electron chi connectivity index (χ1n) is 15.3. The van der Waals surface area contributed by atoms with Crippen LogP contribution in [0.25, 0.3) is 11.1 Å². The lowest BCUT2D eigenvalue weighted by Crippen LogP contribution is -2.47. The minimum atomic E-state index is -1.87. The monoisotopic (exact) mass is 629 g/mol. The van der Waals surface area contributed by atoms with Gasteiger partial charge in [0, 0.05) is 16.7 Å². The average Bonchev–Trinajstić information content (AvgIpc) is 3.34. The third-order valence-corrected chi connectivity index (χ3v) is 10.8. The van der Waals surface area contributed by atoms with E-state index in [9.17, 15) is 14.4 Å². The minimum Gasteiger partial charge on any atom is -0.482 e. The van der Waals surface area contributed by atoms with E-state index in [1.807, 2.05) is 74.5 Å². The number of hydrogen-bond donors (Lipinski definition) is 1. The Balaban J connectivity index is 1.41. The molecule has 0 fully saturated rings. The van der Waals surface area contributed by atoms with Crippen molar-refractivity contribution < 1.29 is 33.3 Å². The van der Waals surface area contributed by atoms with E-state index in [1.165, 1.54) is 6.08 Å². The largest absolute Gasteiger partial charge is 0.482 e. The van der Waals surface area contributed by atoms with E-state index in [0.29, 0.717) is 12.2 Å². The number of rotatable bonds is 14. The van der Waals surface area contributed by atoms with Crippen LogP contribution in [0.2, 0.25) is 19.6 Å². The predicted octanol–water partition coefficient (Wildman–Crippen LogP) is 7.21. The average molecular weight is 630 g/mol. The van der Waals surface area contributed by atoms with Crippen molar-refractivity contribution in [3.8, 4) is 16.9 Å². The van der Waals surface area contributed by atoms with Gasteiger partial charge in [0.15, 0.2) is 12.7 Å². The van der Waals surface area contributed by atoms with E-state index in [4.69, 9.17) is 18.9 Å². The molecule has 0 radical (unpaired) electrons. The Labute approximate surface area is 266 Å². The highest BCUT2D eigenvalue weighted by atomic mass is 28.3. The molecule has 0 bridgehead atoms. The molecule has 9 heteroatoms. The minimum absolute atomic E-state index is 0.0101. The van der Waals surface area contributed by atoms with Crippen LogP contribution in [0.5, 0.6) is 5.75 Å². The molecule has 3 aromatic rings. The molecule has 2 unspecified atom stereocenters. The summed E-state index contributed by atoms with van der Waals surface area (Å²) in [5.41, 5.74) is 4.90. The zero-order chi connectivity index (χ0) is 32.6. The summed E-state index contributed by atoms with van der Waals surface area (Å²) in [6, 6.07) is 22.3. The molecule has 0 aromatic heterocycles. The zero-order valence-corrected chi connectivity index (χ0v) is 27.7. The van der Waals surface area contributed by atoms with Gasteiger partial charge in [-0.2, -0.15) is 0 Å². The molecule has 1 aliphatic rings. The molecular formula is C36H43NO7Si. The first-order chi connectivity index (χ1) is 21.5. The smallest absolute Gasteiger partial charge is 0.408 e. The molecule has 0 saturated heterocycles. The topological polar surface area (TPSA) is 100 Å². The van der Waals surface area contributed by atoms with Crippen molar-refractivity contribution in [1.29, 1.82) is 0 Å². The molecule has 1 amide bonds. The Bertz CT molecular complexity index is 1450. The maximum absolute atomic E-state index is 13.5. The van der Waals surface area contributed by atoms with Crippen molar-refractivity contribution in [2.45, 2.75) is 57.6 Å². The van der Waals surface area contributed by atoms with Gasteiger partial charge in [-0.3, -0.25) is 0 Å². The normalized spacial score (nSPS) is 14.2. The lowest BCUT2D eigenvalue weighted by Gasteiger charge is -2.30. The highest BCUT2D eigenvalue weighted by Gasteiger charge is 2.35. The molecule has 1 N–H and O–H groups in total. The van der Waals surface area contributed by atoms with Gasteiger partial charge in [-0.05, 0) is 34.7 Å². The van der Waals surface area contributed by atoms with Gasteiger partial charge in [0.05, 0.1) is 14.7 Å². The van der Waals surface area contributed by atoms with Crippen molar-refractivity contribution >= 4 is 26.1 Å². The molecule has 0 aliphatic heterocycles. The Morgan fingerprint density at radius 1 is 0.911 bits per heavy atom. The number of nitrogens with one attached hydrogen (secondary N) is 1. The number of fused-ring (bicyclic) bond motifs is 3. The molecule has 45 heavy (non-hydrogen) atoms. The van der Waals surface area contributed by atoms with Crippen molar-refractivity contribution in [2.75, 3.05) is 19.8 Å². The third kappa shape index (κ3) is 8.42. The molecule has 0 saturated carbocycles. The number of esters is 2. The van der Waals surface area contributed by atoms with Crippen LogP contribution < -0.4 is 10.1 Å². The van der Waals surface area contributed by atoms with Gasteiger partial charge in [0.1, 0.15) is 18.4 Å². The van der Waals surface area contributed by atoms with Crippen LogP contribution in [0, 0.1) is 5.92 Å². The maximum Gasteiger partial charge on any atom is 0.408 e. The van der Waals surface area contributed by atoms with Crippen LogP contribution in [-0.2, 0) is 23.8 Å².